The number of aromatic amines is 1. The molecule has 5 heteroatoms. The molecule has 0 spiro atoms. The van der Waals surface area contributed by atoms with Crippen LogP contribution in [-0.4, -0.2) is 30.1 Å². The number of nitrogens with one attached hydrogen (secondary N) is 1. The molecule has 1 N–H and O–H groups in total. The Morgan fingerprint density at radius 1 is 1.24 bits per heavy atom. The molecule has 0 aliphatic carbocycles. The normalized spacial score (nSPS) is 10.0. The van der Waals surface area contributed by atoms with Gasteiger partial charge in [0, 0.05) is 12.6 Å². The topological polar surface area (TPSA) is 68.4 Å². The Labute approximate surface area is 100 Å². The summed E-state index contributed by atoms with van der Waals surface area (Å²) in [6.07, 6.45) is 2.56. The van der Waals surface area contributed by atoms with Crippen LogP contribution in [0.15, 0.2) is 12.3 Å². The summed E-state index contributed by atoms with van der Waals surface area (Å²) in [4.78, 5) is 25.3. The van der Waals surface area contributed by atoms with Gasteiger partial charge in [-0.3, -0.25) is 4.79 Å². The molecule has 0 aliphatic heterocycles. The van der Waals surface area contributed by atoms with Gasteiger partial charge in [0.25, 0.3) is 0 Å². The van der Waals surface area contributed by atoms with Crippen molar-refractivity contribution in [3.05, 3.63) is 23.5 Å². The number of hydrogen-bond donors (Lipinski definition) is 1. The van der Waals surface area contributed by atoms with Gasteiger partial charge in [-0.1, -0.05) is 0 Å². The SMILES string of the molecule is CCOC(=O)CCc1c[nH]c(C(=O)OCC)c1. The number of hydrogen-bond acceptors (Lipinski definition) is 4. The van der Waals surface area contributed by atoms with Crippen molar-refractivity contribution >= 4 is 11.9 Å². The molecular weight excluding hydrogens is 222 g/mol. The molecule has 0 bridgehead atoms. The molecule has 0 fully saturated rings. The van der Waals surface area contributed by atoms with Gasteiger partial charge in [0.1, 0.15) is 5.69 Å². The maximum Gasteiger partial charge on any atom is 0.354 e. The average Bonchev–Trinajstić information content (AvgIpc) is 2.76. The molecular formula is C12H17NO4. The van der Waals surface area contributed by atoms with E-state index in [2.05, 4.69) is 4.98 Å². The van der Waals surface area contributed by atoms with Crippen molar-refractivity contribution in [1.82, 2.24) is 4.98 Å². The van der Waals surface area contributed by atoms with E-state index in [0.717, 1.165) is 5.56 Å². The van der Waals surface area contributed by atoms with Crippen molar-refractivity contribution in [2.45, 2.75) is 26.7 Å². The highest BCUT2D eigenvalue weighted by molar-refractivity contribution is 5.87. The number of esters is 2. The summed E-state index contributed by atoms with van der Waals surface area (Å²) in [6, 6.07) is 1.69. The van der Waals surface area contributed by atoms with Crippen LogP contribution in [0.5, 0.6) is 0 Å². The van der Waals surface area contributed by atoms with E-state index in [-0.39, 0.29) is 11.9 Å². The first-order valence-corrected chi connectivity index (χ1v) is 5.67. The van der Waals surface area contributed by atoms with E-state index in [0.29, 0.717) is 31.7 Å². The third-order valence-electron chi connectivity index (χ3n) is 2.16. The number of carbonyl (C=O) groups excluding carboxylic acids is 2. The largest absolute Gasteiger partial charge is 0.466 e. The van der Waals surface area contributed by atoms with Crippen LogP contribution in [0.25, 0.3) is 0 Å². The number of ether oxygens (including phenoxy) is 2. The highest BCUT2D eigenvalue weighted by atomic mass is 16.5. The zero-order chi connectivity index (χ0) is 12.7. The smallest absolute Gasteiger partial charge is 0.354 e. The van der Waals surface area contributed by atoms with E-state index >= 15 is 0 Å². The zero-order valence-corrected chi connectivity index (χ0v) is 10.1. The van der Waals surface area contributed by atoms with Crippen molar-refractivity contribution in [1.29, 1.82) is 0 Å². The van der Waals surface area contributed by atoms with Gasteiger partial charge >= 0.3 is 11.9 Å². The Kier molecular flexibility index (Phi) is 5.26. The fourth-order valence-electron chi connectivity index (χ4n) is 1.39. The monoisotopic (exact) mass is 239 g/mol. The molecule has 0 saturated carbocycles. The van der Waals surface area contributed by atoms with Gasteiger partial charge < -0.3 is 14.5 Å². The molecule has 0 unspecified atom stereocenters. The van der Waals surface area contributed by atoms with Gasteiger partial charge in [-0.2, -0.15) is 0 Å². The predicted octanol–water partition coefficient (Wildman–Crippen LogP) is 1.69. The summed E-state index contributed by atoms with van der Waals surface area (Å²) in [6.45, 7) is 4.26. The zero-order valence-electron chi connectivity index (χ0n) is 10.1. The summed E-state index contributed by atoms with van der Waals surface area (Å²) in [7, 11) is 0. The Morgan fingerprint density at radius 3 is 2.59 bits per heavy atom. The lowest BCUT2D eigenvalue weighted by molar-refractivity contribution is -0.143. The van der Waals surface area contributed by atoms with Gasteiger partial charge in [-0.15, -0.1) is 0 Å². The molecule has 1 rings (SSSR count). The van der Waals surface area contributed by atoms with E-state index in [4.69, 9.17) is 9.47 Å². The minimum Gasteiger partial charge on any atom is -0.466 e. The molecule has 1 aromatic rings. The average molecular weight is 239 g/mol. The van der Waals surface area contributed by atoms with Crippen molar-refractivity contribution in [2.75, 3.05) is 13.2 Å². The van der Waals surface area contributed by atoms with Crippen LogP contribution in [0.1, 0.15) is 36.3 Å². The Hall–Kier alpha value is -1.78. The molecule has 17 heavy (non-hydrogen) atoms. The van der Waals surface area contributed by atoms with Crippen molar-refractivity contribution in [3.8, 4) is 0 Å². The molecule has 0 saturated heterocycles. The molecule has 0 aromatic carbocycles. The van der Waals surface area contributed by atoms with Crippen LogP contribution in [-0.2, 0) is 20.7 Å². The molecule has 5 nitrogen and oxygen atoms in total. The van der Waals surface area contributed by atoms with Crippen molar-refractivity contribution in [3.63, 3.8) is 0 Å². The van der Waals surface area contributed by atoms with Crippen molar-refractivity contribution in [2.24, 2.45) is 0 Å². The van der Waals surface area contributed by atoms with E-state index in [1.165, 1.54) is 0 Å². The van der Waals surface area contributed by atoms with E-state index in [9.17, 15) is 9.59 Å². The van der Waals surface area contributed by atoms with E-state index < -0.39 is 0 Å². The van der Waals surface area contributed by atoms with Crippen LogP contribution in [0.3, 0.4) is 0 Å². The van der Waals surface area contributed by atoms with Crippen LogP contribution >= 0.6 is 0 Å². The molecule has 1 aromatic heterocycles. The second-order valence-corrected chi connectivity index (χ2v) is 3.45. The first-order valence-electron chi connectivity index (χ1n) is 5.67. The Bertz CT molecular complexity index is 384. The molecule has 0 radical (unpaired) electrons. The molecule has 1 heterocycles. The first kappa shape index (κ1) is 13.3. The molecule has 0 amide bonds. The second-order valence-electron chi connectivity index (χ2n) is 3.45. The highest BCUT2D eigenvalue weighted by Crippen LogP contribution is 2.08. The van der Waals surface area contributed by atoms with E-state index in [1.807, 2.05) is 0 Å². The number of rotatable bonds is 6. The lowest BCUT2D eigenvalue weighted by atomic mass is 10.2. The molecule has 94 valence electrons. The first-order chi connectivity index (χ1) is 8.17. The molecule has 0 aliphatic rings. The van der Waals surface area contributed by atoms with Crippen LogP contribution in [0.4, 0.5) is 0 Å². The van der Waals surface area contributed by atoms with Gasteiger partial charge in [-0.05, 0) is 31.9 Å². The van der Waals surface area contributed by atoms with E-state index in [1.54, 1.807) is 26.1 Å². The highest BCUT2D eigenvalue weighted by Gasteiger charge is 2.10. The standard InChI is InChI=1S/C12H17NO4/c1-3-16-11(14)6-5-9-7-10(13-8-9)12(15)17-4-2/h7-8,13H,3-6H2,1-2H3. The van der Waals surface area contributed by atoms with Gasteiger partial charge in [0.15, 0.2) is 0 Å². The summed E-state index contributed by atoms with van der Waals surface area (Å²) < 4.78 is 9.66. The summed E-state index contributed by atoms with van der Waals surface area (Å²) >= 11 is 0. The minimum atomic E-state index is -0.380. The quantitative estimate of drug-likeness (QED) is 0.767. The number of aryl methyl sites for hydroxylation is 1. The predicted molar refractivity (Wildman–Crippen MR) is 61.7 cm³/mol. The third-order valence-corrected chi connectivity index (χ3v) is 2.16. The number of H-pyrrole nitrogens is 1. The summed E-state index contributed by atoms with van der Waals surface area (Å²) in [5, 5.41) is 0. The maximum absolute atomic E-state index is 11.4. The van der Waals surface area contributed by atoms with Gasteiger partial charge in [0.05, 0.1) is 13.2 Å². The Morgan fingerprint density at radius 2 is 1.94 bits per heavy atom. The fourth-order valence-corrected chi connectivity index (χ4v) is 1.39. The molecule has 0 atom stereocenters. The minimum absolute atomic E-state index is 0.230. The van der Waals surface area contributed by atoms with Crippen LogP contribution in [0.2, 0.25) is 0 Å². The van der Waals surface area contributed by atoms with Gasteiger partial charge in [-0.25, -0.2) is 4.79 Å². The van der Waals surface area contributed by atoms with Gasteiger partial charge in [0.2, 0.25) is 0 Å². The second kappa shape index (κ2) is 6.73. The Balaban J connectivity index is 2.45. The third kappa shape index (κ3) is 4.30. The summed E-state index contributed by atoms with van der Waals surface area (Å²) in [5.74, 6) is -0.610. The lowest BCUT2D eigenvalue weighted by Crippen LogP contribution is -2.05. The maximum atomic E-state index is 11.4. The number of aromatic nitrogens is 1. The van der Waals surface area contributed by atoms with Crippen molar-refractivity contribution < 1.29 is 19.1 Å². The van der Waals surface area contributed by atoms with Crippen LogP contribution in [0, 0.1) is 0 Å². The van der Waals surface area contributed by atoms with Crippen LogP contribution < -0.4 is 0 Å². The fraction of sp³-hybridized carbons (Fsp3) is 0.500. The lowest BCUT2D eigenvalue weighted by Gasteiger charge is -1.99. The number of carbonyl (C=O) groups is 2. The summed E-state index contributed by atoms with van der Waals surface area (Å²) in [5.41, 5.74) is 1.30.